The molecule has 2 aromatic heterocycles. The summed E-state index contributed by atoms with van der Waals surface area (Å²) in [5, 5.41) is 11.9. The Balaban J connectivity index is 1.64. The number of nitrogens with zero attached hydrogens (tertiary/aromatic N) is 6. The Morgan fingerprint density at radius 3 is 2.30 bits per heavy atom. The summed E-state index contributed by atoms with van der Waals surface area (Å²) in [7, 11) is 0. The number of hydrogen-bond donors (Lipinski definition) is 2. The predicted octanol–water partition coefficient (Wildman–Crippen LogP) is 4.17. The van der Waals surface area contributed by atoms with E-state index in [0.717, 1.165) is 22.6 Å². The highest BCUT2D eigenvalue weighted by molar-refractivity contribution is 5.80. The second-order valence-electron chi connectivity index (χ2n) is 6.89. The number of hydrazone groups is 1. The van der Waals surface area contributed by atoms with Crippen LogP contribution in [0.5, 0.6) is 0 Å². The van der Waals surface area contributed by atoms with E-state index >= 15 is 0 Å². The van der Waals surface area contributed by atoms with E-state index in [1.54, 1.807) is 10.9 Å². The van der Waals surface area contributed by atoms with Crippen LogP contribution in [0.1, 0.15) is 22.5 Å². The molecule has 8 heteroatoms. The molecule has 4 aromatic rings. The molecule has 4 rings (SSSR count). The van der Waals surface area contributed by atoms with Gasteiger partial charge in [-0.3, -0.25) is 0 Å². The highest BCUT2D eigenvalue weighted by Crippen LogP contribution is 2.16. The van der Waals surface area contributed by atoms with E-state index in [2.05, 4.69) is 35.9 Å². The maximum atomic E-state index is 4.52. The fourth-order valence-electron chi connectivity index (χ4n) is 2.86. The molecule has 0 saturated carbocycles. The van der Waals surface area contributed by atoms with Crippen LogP contribution in [0.4, 0.5) is 17.6 Å². The van der Waals surface area contributed by atoms with Crippen molar-refractivity contribution in [2.75, 3.05) is 10.7 Å². The van der Waals surface area contributed by atoms with Crippen molar-refractivity contribution in [3.63, 3.8) is 0 Å². The number of para-hydroxylation sites is 1. The Hall–Kier alpha value is -4.07. The molecule has 0 radical (unpaired) electrons. The SMILES string of the molecule is Cc1ccc(/C=N\Nc2nc(Nc3ccccc3)nc(-n3nc(C)cc3C)n2)cc1. The van der Waals surface area contributed by atoms with Gasteiger partial charge in [-0.1, -0.05) is 48.0 Å². The lowest BCUT2D eigenvalue weighted by Gasteiger charge is -2.09. The highest BCUT2D eigenvalue weighted by atomic mass is 15.4. The fraction of sp³-hybridized carbons (Fsp3) is 0.136. The van der Waals surface area contributed by atoms with Crippen molar-refractivity contribution in [3.05, 3.63) is 83.2 Å². The van der Waals surface area contributed by atoms with Gasteiger partial charge in [-0.05, 0) is 44.5 Å². The number of nitrogens with one attached hydrogen (secondary N) is 2. The molecule has 0 aliphatic carbocycles. The van der Waals surface area contributed by atoms with Crippen LogP contribution in [-0.4, -0.2) is 30.9 Å². The molecule has 2 N–H and O–H groups in total. The van der Waals surface area contributed by atoms with Crippen molar-refractivity contribution in [2.24, 2.45) is 5.10 Å². The first kappa shape index (κ1) is 19.3. The molecule has 0 amide bonds. The van der Waals surface area contributed by atoms with Gasteiger partial charge in [0.2, 0.25) is 11.9 Å². The summed E-state index contributed by atoms with van der Waals surface area (Å²) >= 11 is 0. The maximum absolute atomic E-state index is 4.52. The van der Waals surface area contributed by atoms with Crippen molar-refractivity contribution >= 4 is 23.8 Å². The number of aromatic nitrogens is 5. The van der Waals surface area contributed by atoms with Gasteiger partial charge >= 0.3 is 0 Å². The van der Waals surface area contributed by atoms with Gasteiger partial charge in [0.25, 0.3) is 5.95 Å². The number of benzene rings is 2. The van der Waals surface area contributed by atoms with Gasteiger partial charge < -0.3 is 5.32 Å². The summed E-state index contributed by atoms with van der Waals surface area (Å²) < 4.78 is 1.68. The van der Waals surface area contributed by atoms with Crippen LogP contribution in [0.15, 0.2) is 65.8 Å². The van der Waals surface area contributed by atoms with Gasteiger partial charge in [-0.15, -0.1) is 0 Å². The number of hydrogen-bond acceptors (Lipinski definition) is 7. The van der Waals surface area contributed by atoms with Crippen LogP contribution in [0.25, 0.3) is 5.95 Å². The summed E-state index contributed by atoms with van der Waals surface area (Å²) in [5.74, 6) is 1.11. The van der Waals surface area contributed by atoms with Crippen molar-refractivity contribution in [1.29, 1.82) is 0 Å². The third kappa shape index (κ3) is 4.67. The number of anilines is 3. The standard InChI is InChI=1S/C22H22N8/c1-15-9-11-18(12-10-15)14-23-28-21-25-20(24-19-7-5-4-6-8-19)26-22(27-21)30-17(3)13-16(2)29-30/h4-14H,1-3H3,(H2,24,25,26,27,28)/b23-14-. The zero-order valence-corrected chi connectivity index (χ0v) is 17.0. The van der Waals surface area contributed by atoms with Crippen LogP contribution >= 0.6 is 0 Å². The molecule has 0 aliphatic heterocycles. The number of aryl methyl sites for hydroxylation is 3. The van der Waals surface area contributed by atoms with Crippen LogP contribution in [0, 0.1) is 20.8 Å². The minimum atomic E-state index is 0.314. The summed E-state index contributed by atoms with van der Waals surface area (Å²) in [4.78, 5) is 13.4. The zero-order chi connectivity index (χ0) is 20.9. The molecule has 150 valence electrons. The van der Waals surface area contributed by atoms with E-state index in [1.165, 1.54) is 5.56 Å². The Bertz CT molecular complexity index is 1160. The molecule has 0 fully saturated rings. The van der Waals surface area contributed by atoms with Crippen molar-refractivity contribution < 1.29 is 0 Å². The van der Waals surface area contributed by atoms with Gasteiger partial charge in [-0.25, -0.2) is 10.1 Å². The predicted molar refractivity (Wildman–Crippen MR) is 119 cm³/mol. The topological polar surface area (TPSA) is 92.9 Å². The second kappa shape index (κ2) is 8.52. The lowest BCUT2D eigenvalue weighted by atomic mass is 10.2. The monoisotopic (exact) mass is 398 g/mol. The van der Waals surface area contributed by atoms with E-state index in [1.807, 2.05) is 81.4 Å². The Morgan fingerprint density at radius 1 is 0.867 bits per heavy atom. The lowest BCUT2D eigenvalue weighted by Crippen LogP contribution is -2.11. The van der Waals surface area contributed by atoms with Gasteiger partial charge in [0, 0.05) is 11.4 Å². The van der Waals surface area contributed by atoms with Crippen molar-refractivity contribution in [1.82, 2.24) is 24.7 Å². The van der Waals surface area contributed by atoms with Crippen LogP contribution in [0.2, 0.25) is 0 Å². The quantitative estimate of drug-likeness (QED) is 0.374. The first-order chi connectivity index (χ1) is 14.6. The van der Waals surface area contributed by atoms with E-state index in [9.17, 15) is 0 Å². The second-order valence-corrected chi connectivity index (χ2v) is 6.89. The maximum Gasteiger partial charge on any atom is 0.257 e. The molecule has 0 bridgehead atoms. The molecule has 2 heterocycles. The van der Waals surface area contributed by atoms with Gasteiger partial charge in [0.15, 0.2) is 0 Å². The largest absolute Gasteiger partial charge is 0.324 e. The molecule has 0 atom stereocenters. The van der Waals surface area contributed by atoms with Gasteiger partial charge in [-0.2, -0.15) is 25.2 Å². The van der Waals surface area contributed by atoms with Crippen LogP contribution in [0.3, 0.4) is 0 Å². The average Bonchev–Trinajstić information content (AvgIpc) is 3.08. The van der Waals surface area contributed by atoms with Gasteiger partial charge in [0.05, 0.1) is 11.9 Å². The van der Waals surface area contributed by atoms with Crippen molar-refractivity contribution in [3.8, 4) is 5.95 Å². The molecule has 8 nitrogen and oxygen atoms in total. The Morgan fingerprint density at radius 2 is 1.60 bits per heavy atom. The van der Waals surface area contributed by atoms with Crippen molar-refractivity contribution in [2.45, 2.75) is 20.8 Å². The smallest absolute Gasteiger partial charge is 0.257 e. The van der Waals surface area contributed by atoms with E-state index in [4.69, 9.17) is 0 Å². The third-order valence-corrected chi connectivity index (χ3v) is 4.31. The van der Waals surface area contributed by atoms with Crippen LogP contribution < -0.4 is 10.7 Å². The Labute approximate surface area is 174 Å². The molecule has 0 saturated heterocycles. The third-order valence-electron chi connectivity index (χ3n) is 4.31. The normalized spacial score (nSPS) is 11.0. The molecule has 2 aromatic carbocycles. The first-order valence-corrected chi connectivity index (χ1v) is 9.54. The Kier molecular flexibility index (Phi) is 5.47. The molecular weight excluding hydrogens is 376 g/mol. The molecule has 30 heavy (non-hydrogen) atoms. The molecule has 0 aliphatic rings. The molecular formula is C22H22N8. The summed E-state index contributed by atoms with van der Waals surface area (Å²) in [6.07, 6.45) is 1.72. The summed E-state index contributed by atoms with van der Waals surface area (Å²) in [6, 6.07) is 19.7. The lowest BCUT2D eigenvalue weighted by molar-refractivity contribution is 0.767. The minimum Gasteiger partial charge on any atom is -0.324 e. The number of rotatable bonds is 6. The summed E-state index contributed by atoms with van der Waals surface area (Å²) in [5.41, 5.74) is 7.76. The fourth-order valence-corrected chi connectivity index (χ4v) is 2.86. The van der Waals surface area contributed by atoms with Crippen LogP contribution in [-0.2, 0) is 0 Å². The minimum absolute atomic E-state index is 0.314. The van der Waals surface area contributed by atoms with Gasteiger partial charge in [0.1, 0.15) is 0 Å². The van der Waals surface area contributed by atoms with E-state index < -0.39 is 0 Å². The van der Waals surface area contributed by atoms with E-state index in [-0.39, 0.29) is 0 Å². The highest BCUT2D eigenvalue weighted by Gasteiger charge is 2.12. The first-order valence-electron chi connectivity index (χ1n) is 9.54. The molecule has 0 unspecified atom stereocenters. The van der Waals surface area contributed by atoms with E-state index in [0.29, 0.717) is 17.8 Å². The molecule has 0 spiro atoms. The summed E-state index contributed by atoms with van der Waals surface area (Å²) in [6.45, 7) is 5.93. The zero-order valence-electron chi connectivity index (χ0n) is 17.0. The average molecular weight is 398 g/mol.